The summed E-state index contributed by atoms with van der Waals surface area (Å²) < 4.78 is 5.48. The van der Waals surface area contributed by atoms with Crippen LogP contribution < -0.4 is 5.56 Å². The van der Waals surface area contributed by atoms with Crippen molar-refractivity contribution >= 4 is 17.1 Å². The Morgan fingerprint density at radius 1 is 1.21 bits per heavy atom. The Labute approximate surface area is 167 Å². The summed E-state index contributed by atoms with van der Waals surface area (Å²) in [6.07, 6.45) is 0.00759. The number of aromatic amines is 1. The first kappa shape index (κ1) is 18.9. The Kier molecular flexibility index (Phi) is 4.49. The molecule has 2 N–H and O–H groups in total. The molecule has 0 spiro atoms. The van der Waals surface area contributed by atoms with Crippen LogP contribution in [0.1, 0.15) is 31.9 Å². The van der Waals surface area contributed by atoms with Crippen LogP contribution in [-0.2, 0) is 17.7 Å². The predicted molar refractivity (Wildman–Crippen MR) is 108 cm³/mol. The fourth-order valence-electron chi connectivity index (χ4n) is 3.46. The van der Waals surface area contributed by atoms with E-state index < -0.39 is 11.7 Å². The lowest BCUT2D eigenvalue weighted by Crippen LogP contribution is -2.41. The monoisotopic (exact) mass is 394 g/mol. The maximum atomic E-state index is 12.5. The molecule has 2 aromatic heterocycles. The van der Waals surface area contributed by atoms with E-state index in [1.54, 1.807) is 35.2 Å². The molecule has 3 aromatic rings. The van der Waals surface area contributed by atoms with Crippen molar-refractivity contribution in [1.82, 2.24) is 20.1 Å². The number of rotatable bonds is 1. The second kappa shape index (κ2) is 6.88. The molecule has 1 aliphatic heterocycles. The van der Waals surface area contributed by atoms with Crippen molar-refractivity contribution in [2.45, 2.75) is 39.3 Å². The Balaban J connectivity index is 1.80. The summed E-state index contributed by atoms with van der Waals surface area (Å²) in [7, 11) is 0. The topological polar surface area (TPSA) is 108 Å². The molecule has 0 radical (unpaired) electrons. The number of carbonyl (C=O) groups excluding carboxylic acids is 1. The van der Waals surface area contributed by atoms with Crippen molar-refractivity contribution in [3.63, 3.8) is 0 Å². The highest BCUT2D eigenvalue weighted by atomic mass is 16.6. The number of ether oxygens (including phenoxy) is 1. The van der Waals surface area contributed by atoms with E-state index in [4.69, 9.17) is 4.74 Å². The largest absolute Gasteiger partial charge is 0.507 e. The van der Waals surface area contributed by atoms with E-state index >= 15 is 0 Å². The van der Waals surface area contributed by atoms with Gasteiger partial charge in [-0.05, 0) is 51.0 Å². The fraction of sp³-hybridized carbons (Fsp3) is 0.333. The van der Waals surface area contributed by atoms with Crippen molar-refractivity contribution in [3.05, 3.63) is 51.8 Å². The molecule has 29 heavy (non-hydrogen) atoms. The molecule has 1 aliphatic rings. The highest BCUT2D eigenvalue weighted by Gasteiger charge is 2.28. The maximum absolute atomic E-state index is 12.5. The molecular weight excluding hydrogens is 372 g/mol. The number of hydrogen-bond donors (Lipinski definition) is 2. The number of aromatic hydroxyl groups is 1. The average Bonchev–Trinajstić information content (AvgIpc) is 2.67. The van der Waals surface area contributed by atoms with Gasteiger partial charge in [0.25, 0.3) is 5.56 Å². The Morgan fingerprint density at radius 3 is 2.69 bits per heavy atom. The zero-order valence-corrected chi connectivity index (χ0v) is 16.5. The van der Waals surface area contributed by atoms with Crippen LogP contribution in [-0.4, -0.2) is 43.4 Å². The van der Waals surface area contributed by atoms with Gasteiger partial charge in [0.1, 0.15) is 11.4 Å². The summed E-state index contributed by atoms with van der Waals surface area (Å²) in [4.78, 5) is 29.4. The van der Waals surface area contributed by atoms with Crippen molar-refractivity contribution in [2.75, 3.05) is 6.54 Å². The zero-order valence-electron chi connectivity index (χ0n) is 16.5. The SMILES string of the molecule is CC(C)(C)OC(=O)N1CCc2c(c3cc(-c4ccccc4O)nnc3[nH]c2=O)C1. The number of aromatic nitrogens is 3. The van der Waals surface area contributed by atoms with Gasteiger partial charge >= 0.3 is 6.09 Å². The number of carbonyl (C=O) groups is 1. The second-order valence-electron chi connectivity index (χ2n) is 8.07. The molecule has 0 aliphatic carbocycles. The number of phenols is 1. The maximum Gasteiger partial charge on any atom is 0.410 e. The first-order chi connectivity index (χ1) is 13.7. The van der Waals surface area contributed by atoms with Gasteiger partial charge in [-0.2, -0.15) is 0 Å². The molecule has 0 unspecified atom stereocenters. The van der Waals surface area contributed by atoms with Gasteiger partial charge in [-0.1, -0.05) is 12.1 Å². The summed E-state index contributed by atoms with van der Waals surface area (Å²) in [5.74, 6) is 0.0924. The molecule has 0 fully saturated rings. The quantitative estimate of drug-likeness (QED) is 0.657. The highest BCUT2D eigenvalue weighted by molar-refractivity contribution is 5.84. The lowest BCUT2D eigenvalue weighted by atomic mass is 9.97. The van der Waals surface area contributed by atoms with Gasteiger partial charge in [-0.15, -0.1) is 10.2 Å². The van der Waals surface area contributed by atoms with Crippen LogP contribution in [0.5, 0.6) is 5.75 Å². The molecule has 4 rings (SSSR count). The Hall–Kier alpha value is -3.42. The van der Waals surface area contributed by atoms with Gasteiger partial charge in [-0.25, -0.2) is 4.79 Å². The van der Waals surface area contributed by atoms with E-state index in [2.05, 4.69) is 15.2 Å². The number of nitrogens with one attached hydrogen (secondary N) is 1. The van der Waals surface area contributed by atoms with Gasteiger partial charge in [0.05, 0.1) is 12.2 Å². The molecule has 1 amide bonds. The number of benzene rings is 1. The van der Waals surface area contributed by atoms with E-state index in [-0.39, 0.29) is 17.9 Å². The summed E-state index contributed by atoms with van der Waals surface area (Å²) >= 11 is 0. The molecule has 1 aromatic carbocycles. The lowest BCUT2D eigenvalue weighted by molar-refractivity contribution is 0.0224. The van der Waals surface area contributed by atoms with Gasteiger partial charge in [0.15, 0.2) is 5.65 Å². The Bertz CT molecular complexity index is 1160. The summed E-state index contributed by atoms with van der Waals surface area (Å²) in [6, 6.07) is 8.63. The van der Waals surface area contributed by atoms with Crippen molar-refractivity contribution in [1.29, 1.82) is 0 Å². The number of amides is 1. The zero-order chi connectivity index (χ0) is 20.8. The van der Waals surface area contributed by atoms with Crippen LogP contribution in [0, 0.1) is 0 Å². The minimum Gasteiger partial charge on any atom is -0.507 e. The van der Waals surface area contributed by atoms with Crippen molar-refractivity contribution in [3.8, 4) is 17.0 Å². The molecule has 150 valence electrons. The third-order valence-electron chi connectivity index (χ3n) is 4.80. The molecule has 0 saturated heterocycles. The summed E-state index contributed by atoms with van der Waals surface area (Å²) in [6.45, 7) is 6.10. The van der Waals surface area contributed by atoms with E-state index in [1.807, 2.05) is 20.8 Å². The van der Waals surface area contributed by atoms with Gasteiger partial charge in [-0.3, -0.25) is 4.79 Å². The third-order valence-corrected chi connectivity index (χ3v) is 4.80. The van der Waals surface area contributed by atoms with Crippen LogP contribution in [0.4, 0.5) is 4.79 Å². The number of H-pyrrole nitrogens is 1. The van der Waals surface area contributed by atoms with Crippen LogP contribution >= 0.6 is 0 Å². The van der Waals surface area contributed by atoms with Gasteiger partial charge in [0.2, 0.25) is 0 Å². The van der Waals surface area contributed by atoms with Crippen LogP contribution in [0.2, 0.25) is 0 Å². The van der Waals surface area contributed by atoms with Gasteiger partial charge in [0, 0.05) is 23.1 Å². The minimum absolute atomic E-state index is 0.0924. The number of hydrogen-bond acceptors (Lipinski definition) is 6. The fourth-order valence-corrected chi connectivity index (χ4v) is 3.46. The normalized spacial score (nSPS) is 14.0. The van der Waals surface area contributed by atoms with Crippen LogP contribution in [0.3, 0.4) is 0 Å². The average molecular weight is 394 g/mol. The molecule has 3 heterocycles. The van der Waals surface area contributed by atoms with Crippen molar-refractivity contribution in [2.24, 2.45) is 0 Å². The lowest BCUT2D eigenvalue weighted by Gasteiger charge is -2.31. The predicted octanol–water partition coefficient (Wildman–Crippen LogP) is 2.98. The van der Waals surface area contributed by atoms with E-state index in [0.29, 0.717) is 40.8 Å². The number of phenolic OH excluding ortho intramolecular Hbond substituents is 1. The highest BCUT2D eigenvalue weighted by Crippen LogP contribution is 2.30. The number of para-hydroxylation sites is 1. The van der Waals surface area contributed by atoms with Crippen LogP contribution in [0.15, 0.2) is 35.1 Å². The molecule has 0 saturated carbocycles. The van der Waals surface area contributed by atoms with Crippen molar-refractivity contribution < 1.29 is 14.6 Å². The van der Waals surface area contributed by atoms with E-state index in [0.717, 1.165) is 5.56 Å². The molecular formula is C21H22N4O4. The molecule has 8 heteroatoms. The smallest absolute Gasteiger partial charge is 0.410 e. The Morgan fingerprint density at radius 2 is 1.97 bits per heavy atom. The second-order valence-corrected chi connectivity index (χ2v) is 8.07. The van der Waals surface area contributed by atoms with Crippen LogP contribution in [0.25, 0.3) is 22.3 Å². The minimum atomic E-state index is -0.600. The molecule has 8 nitrogen and oxygen atoms in total. The number of pyridine rings is 1. The van der Waals surface area contributed by atoms with E-state index in [9.17, 15) is 14.7 Å². The summed E-state index contributed by atoms with van der Waals surface area (Å²) in [5, 5.41) is 19.1. The third kappa shape index (κ3) is 3.65. The standard InChI is InChI=1S/C21H22N4O4/c1-21(2,3)29-20(28)25-9-8-12-15(11-25)14-10-16(13-6-4-5-7-17(13)26)23-24-18(14)22-19(12)27/h4-7,10,26H,8-9,11H2,1-3H3,(H,22,24,27). The van der Waals surface area contributed by atoms with Gasteiger partial charge < -0.3 is 19.7 Å². The summed E-state index contributed by atoms with van der Waals surface area (Å²) in [5.41, 5.74) is 1.92. The number of fused-ring (bicyclic) bond motifs is 3. The van der Waals surface area contributed by atoms with E-state index in [1.165, 1.54) is 0 Å². The molecule has 0 bridgehead atoms. The number of nitrogens with zero attached hydrogens (tertiary/aromatic N) is 3. The first-order valence-electron chi connectivity index (χ1n) is 9.41. The first-order valence-corrected chi connectivity index (χ1v) is 9.41. The molecule has 0 atom stereocenters.